The summed E-state index contributed by atoms with van der Waals surface area (Å²) in [5.74, 6) is 0.448. The van der Waals surface area contributed by atoms with Crippen molar-refractivity contribution in [3.8, 4) is 0 Å². The molecule has 1 atom stereocenters. The number of benzene rings is 1. The molecule has 4 nitrogen and oxygen atoms in total. The molecule has 1 fully saturated rings. The lowest BCUT2D eigenvalue weighted by molar-refractivity contribution is 0.464. The zero-order valence-electron chi connectivity index (χ0n) is 9.26. The maximum atomic E-state index is 12.2. The molecule has 1 unspecified atom stereocenters. The van der Waals surface area contributed by atoms with Gasteiger partial charge >= 0.3 is 0 Å². The lowest BCUT2D eigenvalue weighted by atomic mass is 10.2. The minimum absolute atomic E-state index is 0.329. The lowest BCUT2D eigenvalue weighted by Crippen LogP contribution is -2.28. The van der Waals surface area contributed by atoms with E-state index < -0.39 is 10.0 Å². The van der Waals surface area contributed by atoms with Gasteiger partial charge in [-0.3, -0.25) is 0 Å². The van der Waals surface area contributed by atoms with E-state index in [1.165, 1.54) is 0 Å². The van der Waals surface area contributed by atoms with Gasteiger partial charge in [0.1, 0.15) is 0 Å². The summed E-state index contributed by atoms with van der Waals surface area (Å²) in [6, 6.07) is 6.36. The Labute approximate surface area is 96.1 Å². The first kappa shape index (κ1) is 11.4. The molecule has 1 aromatic rings. The van der Waals surface area contributed by atoms with Crippen molar-refractivity contribution in [2.75, 3.05) is 18.8 Å². The van der Waals surface area contributed by atoms with Gasteiger partial charge < -0.3 is 5.73 Å². The molecule has 0 aliphatic carbocycles. The predicted molar refractivity (Wildman–Crippen MR) is 63.4 cm³/mol. The summed E-state index contributed by atoms with van der Waals surface area (Å²) in [5, 5.41) is 0. The molecule has 5 heteroatoms. The van der Waals surface area contributed by atoms with Gasteiger partial charge in [-0.05, 0) is 36.6 Å². The van der Waals surface area contributed by atoms with Gasteiger partial charge in [-0.25, -0.2) is 8.42 Å². The van der Waals surface area contributed by atoms with E-state index in [1.807, 2.05) is 0 Å². The molecule has 0 bridgehead atoms. The average Bonchev–Trinajstić information content (AvgIpc) is 2.66. The highest BCUT2D eigenvalue weighted by atomic mass is 32.2. The SMILES string of the molecule is CC1CCN(S(=O)(=O)c2ccc(N)cc2)C1. The highest BCUT2D eigenvalue weighted by Gasteiger charge is 2.30. The molecule has 1 aliphatic rings. The van der Waals surface area contributed by atoms with Crippen LogP contribution in [0.3, 0.4) is 0 Å². The number of nitrogen functional groups attached to an aromatic ring is 1. The molecule has 1 saturated heterocycles. The predicted octanol–water partition coefficient (Wildman–Crippen LogP) is 1.30. The smallest absolute Gasteiger partial charge is 0.243 e. The van der Waals surface area contributed by atoms with Crippen LogP contribution in [0.15, 0.2) is 29.2 Å². The molecule has 2 N–H and O–H groups in total. The lowest BCUT2D eigenvalue weighted by Gasteiger charge is -2.15. The molecule has 1 heterocycles. The van der Waals surface area contributed by atoms with Crippen molar-refractivity contribution in [1.29, 1.82) is 0 Å². The van der Waals surface area contributed by atoms with Crippen LogP contribution >= 0.6 is 0 Å². The normalized spacial score (nSPS) is 22.4. The molecule has 0 aromatic heterocycles. The van der Waals surface area contributed by atoms with Crippen molar-refractivity contribution >= 4 is 15.7 Å². The minimum Gasteiger partial charge on any atom is -0.399 e. The average molecular weight is 240 g/mol. The molecule has 0 saturated carbocycles. The van der Waals surface area contributed by atoms with E-state index in [1.54, 1.807) is 28.6 Å². The fourth-order valence-corrected chi connectivity index (χ4v) is 3.48. The fourth-order valence-electron chi connectivity index (χ4n) is 1.90. The Balaban J connectivity index is 2.29. The Hall–Kier alpha value is -1.07. The van der Waals surface area contributed by atoms with E-state index in [2.05, 4.69) is 6.92 Å². The van der Waals surface area contributed by atoms with Crippen molar-refractivity contribution in [3.05, 3.63) is 24.3 Å². The zero-order chi connectivity index (χ0) is 11.8. The van der Waals surface area contributed by atoms with Crippen molar-refractivity contribution in [2.45, 2.75) is 18.2 Å². The third kappa shape index (κ3) is 2.05. The fraction of sp³-hybridized carbons (Fsp3) is 0.455. The molecule has 1 aromatic carbocycles. The summed E-state index contributed by atoms with van der Waals surface area (Å²) < 4.78 is 25.9. The van der Waals surface area contributed by atoms with Gasteiger partial charge in [0.2, 0.25) is 10.0 Å². The van der Waals surface area contributed by atoms with E-state index in [9.17, 15) is 8.42 Å². The first-order valence-electron chi connectivity index (χ1n) is 5.36. The van der Waals surface area contributed by atoms with Gasteiger partial charge in [0, 0.05) is 18.8 Å². The second-order valence-electron chi connectivity index (χ2n) is 4.33. The number of hydrogen-bond donors (Lipinski definition) is 1. The Kier molecular flexibility index (Phi) is 2.90. The number of sulfonamides is 1. The van der Waals surface area contributed by atoms with Gasteiger partial charge in [-0.2, -0.15) is 4.31 Å². The molecule has 0 radical (unpaired) electrons. The van der Waals surface area contributed by atoms with E-state index in [4.69, 9.17) is 5.73 Å². The van der Waals surface area contributed by atoms with Crippen LogP contribution in [0.25, 0.3) is 0 Å². The third-order valence-electron chi connectivity index (χ3n) is 2.90. The van der Waals surface area contributed by atoms with E-state index in [0.717, 1.165) is 6.42 Å². The van der Waals surface area contributed by atoms with Crippen LogP contribution in [0.4, 0.5) is 5.69 Å². The standard InChI is InChI=1S/C11H16N2O2S/c1-9-6-7-13(8-9)16(14,15)11-4-2-10(12)3-5-11/h2-5,9H,6-8,12H2,1H3. The number of anilines is 1. The highest BCUT2D eigenvalue weighted by Crippen LogP contribution is 2.24. The van der Waals surface area contributed by atoms with E-state index >= 15 is 0 Å². The maximum absolute atomic E-state index is 12.2. The van der Waals surface area contributed by atoms with Crippen LogP contribution in [-0.2, 0) is 10.0 Å². The summed E-state index contributed by atoms with van der Waals surface area (Å²) in [5.41, 5.74) is 6.11. The maximum Gasteiger partial charge on any atom is 0.243 e. The van der Waals surface area contributed by atoms with Crippen LogP contribution in [0.1, 0.15) is 13.3 Å². The molecular weight excluding hydrogens is 224 g/mol. The zero-order valence-corrected chi connectivity index (χ0v) is 10.1. The number of nitrogens with zero attached hydrogens (tertiary/aromatic N) is 1. The van der Waals surface area contributed by atoms with E-state index in [0.29, 0.717) is 29.6 Å². The minimum atomic E-state index is -3.31. The Morgan fingerprint density at radius 3 is 2.44 bits per heavy atom. The Morgan fingerprint density at radius 1 is 1.31 bits per heavy atom. The summed E-state index contributed by atoms with van der Waals surface area (Å²) >= 11 is 0. The number of hydrogen-bond acceptors (Lipinski definition) is 3. The van der Waals surface area contributed by atoms with Gasteiger partial charge in [0.25, 0.3) is 0 Å². The van der Waals surface area contributed by atoms with Crippen LogP contribution in [0.5, 0.6) is 0 Å². The second-order valence-corrected chi connectivity index (χ2v) is 6.26. The molecule has 1 aliphatic heterocycles. The Morgan fingerprint density at radius 2 is 1.94 bits per heavy atom. The molecule has 16 heavy (non-hydrogen) atoms. The van der Waals surface area contributed by atoms with Gasteiger partial charge in [-0.15, -0.1) is 0 Å². The highest BCUT2D eigenvalue weighted by molar-refractivity contribution is 7.89. The first-order chi connectivity index (χ1) is 7.50. The van der Waals surface area contributed by atoms with Crippen LogP contribution in [0.2, 0.25) is 0 Å². The molecule has 2 rings (SSSR count). The summed E-state index contributed by atoms with van der Waals surface area (Å²) in [6.45, 7) is 3.30. The monoisotopic (exact) mass is 240 g/mol. The first-order valence-corrected chi connectivity index (χ1v) is 6.80. The molecular formula is C11H16N2O2S. The largest absolute Gasteiger partial charge is 0.399 e. The summed E-state index contributed by atoms with van der Waals surface area (Å²) in [4.78, 5) is 0.329. The Bertz CT molecular complexity index is 467. The molecule has 0 spiro atoms. The second kappa shape index (κ2) is 4.07. The number of rotatable bonds is 2. The van der Waals surface area contributed by atoms with Crippen molar-refractivity contribution in [2.24, 2.45) is 5.92 Å². The van der Waals surface area contributed by atoms with Gasteiger partial charge in [0.05, 0.1) is 4.90 Å². The van der Waals surface area contributed by atoms with Crippen molar-refractivity contribution in [1.82, 2.24) is 4.31 Å². The molecule has 88 valence electrons. The quantitative estimate of drug-likeness (QED) is 0.792. The molecule has 0 amide bonds. The number of nitrogens with two attached hydrogens (primary N) is 1. The third-order valence-corrected chi connectivity index (χ3v) is 4.78. The van der Waals surface area contributed by atoms with Crippen LogP contribution in [-0.4, -0.2) is 25.8 Å². The summed E-state index contributed by atoms with van der Waals surface area (Å²) in [6.07, 6.45) is 0.939. The topological polar surface area (TPSA) is 63.4 Å². The van der Waals surface area contributed by atoms with Crippen molar-refractivity contribution in [3.63, 3.8) is 0 Å². The van der Waals surface area contributed by atoms with Crippen molar-refractivity contribution < 1.29 is 8.42 Å². The van der Waals surface area contributed by atoms with Crippen LogP contribution in [0, 0.1) is 5.92 Å². The summed E-state index contributed by atoms with van der Waals surface area (Å²) in [7, 11) is -3.31. The van der Waals surface area contributed by atoms with Crippen LogP contribution < -0.4 is 5.73 Å². The van der Waals surface area contributed by atoms with Gasteiger partial charge in [-0.1, -0.05) is 6.92 Å². The van der Waals surface area contributed by atoms with Gasteiger partial charge in [0.15, 0.2) is 0 Å². The van der Waals surface area contributed by atoms with E-state index in [-0.39, 0.29) is 0 Å².